The van der Waals surface area contributed by atoms with Crippen molar-refractivity contribution in [3.05, 3.63) is 41.5 Å². The number of hydrogen-bond acceptors (Lipinski definition) is 6. The lowest BCUT2D eigenvalue weighted by Gasteiger charge is -2.29. The highest BCUT2D eigenvalue weighted by Gasteiger charge is 2.34. The maximum Gasteiger partial charge on any atom is 0.419 e. The van der Waals surface area contributed by atoms with Crippen molar-refractivity contribution in [1.82, 2.24) is 14.8 Å². The number of imide groups is 1. The average molecular weight is 507 g/mol. The lowest BCUT2D eigenvalue weighted by atomic mass is 9.91. The van der Waals surface area contributed by atoms with Gasteiger partial charge in [0.2, 0.25) is 6.41 Å². The normalized spacial score (nSPS) is 18.2. The monoisotopic (exact) mass is 507 g/mol. The minimum atomic E-state index is -4.96. The van der Waals surface area contributed by atoms with Gasteiger partial charge >= 0.3 is 12.2 Å². The lowest BCUT2D eigenvalue weighted by Crippen LogP contribution is -2.36. The van der Waals surface area contributed by atoms with Crippen molar-refractivity contribution >= 4 is 40.5 Å². The highest BCUT2D eigenvalue weighted by atomic mass is 19.4. The van der Waals surface area contributed by atoms with Crippen LogP contribution in [0.4, 0.5) is 39.4 Å². The van der Waals surface area contributed by atoms with Crippen molar-refractivity contribution in [2.75, 3.05) is 15.5 Å². The maximum absolute atomic E-state index is 13.6. The van der Waals surface area contributed by atoms with Crippen LogP contribution in [0.1, 0.15) is 36.9 Å². The van der Waals surface area contributed by atoms with E-state index in [1.165, 1.54) is 6.20 Å². The largest absolute Gasteiger partial charge is 0.419 e. The third kappa shape index (κ3) is 4.96. The van der Waals surface area contributed by atoms with E-state index in [9.17, 15) is 27.2 Å². The van der Waals surface area contributed by atoms with Crippen LogP contribution in [0.3, 0.4) is 0 Å². The second-order valence-electron chi connectivity index (χ2n) is 8.78. The number of anilines is 3. The number of benzene rings is 1. The molecule has 0 unspecified atom stereocenters. The Morgan fingerprint density at radius 2 is 1.94 bits per heavy atom. The summed E-state index contributed by atoms with van der Waals surface area (Å²) in [5.41, 5.74) is 5.82. The molecule has 1 fully saturated rings. The molecule has 9 nitrogen and oxygen atoms in total. The molecule has 0 atom stereocenters. The fourth-order valence-corrected chi connectivity index (χ4v) is 4.42. The van der Waals surface area contributed by atoms with Gasteiger partial charge in [-0.05, 0) is 50.8 Å². The second-order valence-corrected chi connectivity index (χ2v) is 8.78. The number of nitrogens with one attached hydrogen (secondary N) is 2. The Morgan fingerprint density at radius 3 is 2.58 bits per heavy atom. The Balaban J connectivity index is 1.71. The van der Waals surface area contributed by atoms with Crippen LogP contribution < -0.4 is 21.3 Å². The van der Waals surface area contributed by atoms with Crippen LogP contribution in [0.5, 0.6) is 0 Å². The van der Waals surface area contributed by atoms with Gasteiger partial charge in [-0.3, -0.25) is 9.48 Å². The Kier molecular flexibility index (Phi) is 6.85. The molecule has 0 radical (unpaired) electrons. The van der Waals surface area contributed by atoms with Gasteiger partial charge in [-0.1, -0.05) is 0 Å². The van der Waals surface area contributed by atoms with Gasteiger partial charge in [0.1, 0.15) is 5.82 Å². The summed E-state index contributed by atoms with van der Waals surface area (Å²) in [6.45, 7) is 1.76. The molecule has 1 aliphatic carbocycles. The molecule has 0 bridgehead atoms. The third-order valence-electron chi connectivity index (χ3n) is 6.23. The van der Waals surface area contributed by atoms with Crippen LogP contribution in [0.2, 0.25) is 0 Å². The molecular weight excluding hydrogens is 482 g/mol. The number of aryl methyl sites for hydroxylation is 2. The molecule has 0 saturated heterocycles. The first kappa shape index (κ1) is 25.4. The number of alkyl halides is 3. The summed E-state index contributed by atoms with van der Waals surface area (Å²) in [6, 6.07) is 1.11. The Morgan fingerprint density at radius 1 is 1.25 bits per heavy atom. The predicted octanol–water partition coefficient (Wildman–Crippen LogP) is 4.31. The zero-order valence-corrected chi connectivity index (χ0v) is 19.6. The van der Waals surface area contributed by atoms with Crippen molar-refractivity contribution in [2.24, 2.45) is 12.8 Å². The first-order valence-electron chi connectivity index (χ1n) is 11.3. The van der Waals surface area contributed by atoms with E-state index in [2.05, 4.69) is 20.7 Å². The minimum absolute atomic E-state index is 0.0109. The molecule has 36 heavy (non-hydrogen) atoms. The summed E-state index contributed by atoms with van der Waals surface area (Å²) in [5, 5.41) is 10.6. The van der Waals surface area contributed by atoms with Crippen molar-refractivity contribution < 1.29 is 27.2 Å². The molecule has 3 aromatic rings. The fraction of sp³-hybridized carbons (Fsp3) is 0.391. The van der Waals surface area contributed by atoms with Crippen LogP contribution in [0.15, 0.2) is 24.4 Å². The van der Waals surface area contributed by atoms with Gasteiger partial charge < -0.3 is 16.4 Å². The van der Waals surface area contributed by atoms with Gasteiger partial charge in [0.15, 0.2) is 5.65 Å². The van der Waals surface area contributed by atoms with Crippen LogP contribution in [-0.4, -0.2) is 39.3 Å². The summed E-state index contributed by atoms with van der Waals surface area (Å²) in [5.74, 6) is -1.48. The number of pyridine rings is 1. The van der Waals surface area contributed by atoms with Gasteiger partial charge in [-0.25, -0.2) is 19.1 Å². The van der Waals surface area contributed by atoms with Crippen LogP contribution in [0.25, 0.3) is 11.0 Å². The first-order chi connectivity index (χ1) is 17.0. The predicted molar refractivity (Wildman–Crippen MR) is 126 cm³/mol. The van der Waals surface area contributed by atoms with E-state index in [1.54, 1.807) is 18.7 Å². The van der Waals surface area contributed by atoms with E-state index in [0.717, 1.165) is 31.7 Å². The number of halogens is 4. The maximum atomic E-state index is 13.6. The number of rotatable bonds is 5. The molecule has 2 aromatic heterocycles. The second kappa shape index (κ2) is 9.72. The number of aromatic nitrogens is 3. The van der Waals surface area contributed by atoms with E-state index < -0.39 is 23.6 Å². The van der Waals surface area contributed by atoms with Gasteiger partial charge in [-0.15, -0.1) is 0 Å². The quantitative estimate of drug-likeness (QED) is 0.350. The molecular formula is C23H25F4N7O2. The van der Waals surface area contributed by atoms with Crippen LogP contribution in [-0.2, 0) is 18.0 Å². The number of amides is 3. The van der Waals surface area contributed by atoms with Gasteiger partial charge in [0.05, 0.1) is 34.2 Å². The summed E-state index contributed by atoms with van der Waals surface area (Å²) in [7, 11) is 1.71. The third-order valence-corrected chi connectivity index (χ3v) is 6.23. The summed E-state index contributed by atoms with van der Waals surface area (Å²) in [6.07, 6.45) is -0.254. The molecule has 1 aliphatic rings. The van der Waals surface area contributed by atoms with Crippen LogP contribution >= 0.6 is 0 Å². The SMILES string of the molecule is Cc1nn(C)c2ncc(N(C=O)C(=O)Nc3ccc(F)c(C(F)(F)F)c3)c(NC3CCC(N)CC3)c12. The molecule has 4 N–H and O–H groups in total. The van der Waals surface area contributed by atoms with Crippen LogP contribution in [0, 0.1) is 12.7 Å². The van der Waals surface area contributed by atoms with E-state index in [0.29, 0.717) is 39.4 Å². The first-order valence-corrected chi connectivity index (χ1v) is 11.3. The summed E-state index contributed by atoms with van der Waals surface area (Å²) >= 11 is 0. The molecule has 0 spiro atoms. The highest BCUT2D eigenvalue weighted by molar-refractivity contribution is 6.16. The Bertz CT molecular complexity index is 1300. The van der Waals surface area contributed by atoms with Crippen molar-refractivity contribution in [3.63, 3.8) is 0 Å². The van der Waals surface area contributed by atoms with E-state index in [1.807, 2.05) is 0 Å². The smallest absolute Gasteiger partial charge is 0.380 e. The van der Waals surface area contributed by atoms with Gasteiger partial charge in [0.25, 0.3) is 0 Å². The molecule has 1 aromatic carbocycles. The topological polar surface area (TPSA) is 118 Å². The number of urea groups is 1. The molecule has 13 heteroatoms. The molecule has 3 amide bonds. The van der Waals surface area contributed by atoms with E-state index in [4.69, 9.17) is 5.73 Å². The fourth-order valence-electron chi connectivity index (χ4n) is 4.42. The summed E-state index contributed by atoms with van der Waals surface area (Å²) in [4.78, 5) is 30.1. The number of nitrogens with two attached hydrogens (primary N) is 1. The number of carbonyl (C=O) groups is 2. The number of carbonyl (C=O) groups excluding carboxylic acids is 2. The lowest BCUT2D eigenvalue weighted by molar-refractivity contribution is -0.139. The number of hydrogen-bond donors (Lipinski definition) is 3. The standard InChI is InChI=1S/C23H25F4N7O2/c1-12-19-20(30-14-5-3-13(28)4-6-14)18(10-29-21(19)33(2)32-12)34(11-35)22(36)31-15-7-8-17(24)16(9-15)23(25,26)27/h7-11,13-14H,3-6,28H2,1-2H3,(H,29,30)(H,31,36). The summed E-state index contributed by atoms with van der Waals surface area (Å²) < 4.78 is 54.5. The molecule has 0 aliphatic heterocycles. The minimum Gasteiger partial charge on any atom is -0.380 e. The van der Waals surface area contributed by atoms with E-state index >= 15 is 0 Å². The van der Waals surface area contributed by atoms with E-state index in [-0.39, 0.29) is 29.9 Å². The van der Waals surface area contributed by atoms with Crippen molar-refractivity contribution in [1.29, 1.82) is 0 Å². The van der Waals surface area contributed by atoms with Crippen molar-refractivity contribution in [3.8, 4) is 0 Å². The average Bonchev–Trinajstić information content (AvgIpc) is 3.11. The molecule has 192 valence electrons. The molecule has 1 saturated carbocycles. The Hall–Kier alpha value is -3.74. The zero-order valence-electron chi connectivity index (χ0n) is 19.6. The number of nitrogens with zero attached hydrogens (tertiary/aromatic N) is 4. The number of fused-ring (bicyclic) bond motifs is 1. The zero-order chi connectivity index (χ0) is 26.2. The van der Waals surface area contributed by atoms with Gasteiger partial charge in [0, 0.05) is 24.8 Å². The molecule has 2 heterocycles. The van der Waals surface area contributed by atoms with Crippen molar-refractivity contribution in [2.45, 2.75) is 50.9 Å². The van der Waals surface area contributed by atoms with Gasteiger partial charge in [-0.2, -0.15) is 18.3 Å². The Labute approximate surface area is 203 Å². The molecule has 4 rings (SSSR count). The highest BCUT2D eigenvalue weighted by Crippen LogP contribution is 2.37.